The van der Waals surface area contributed by atoms with Crippen LogP contribution in [0.15, 0.2) is 0 Å². The molecule has 2 heterocycles. The topological polar surface area (TPSA) is 57.6 Å². The van der Waals surface area contributed by atoms with Crippen LogP contribution in [0.2, 0.25) is 0 Å². The summed E-state index contributed by atoms with van der Waals surface area (Å²) in [6.45, 7) is 8.68. The van der Waals surface area contributed by atoms with Crippen LogP contribution in [0.1, 0.15) is 40.0 Å². The van der Waals surface area contributed by atoms with Crippen molar-refractivity contribution in [2.24, 2.45) is 11.3 Å². The lowest BCUT2D eigenvalue weighted by Gasteiger charge is -2.31. The first kappa shape index (κ1) is 15.3. The third-order valence-corrected chi connectivity index (χ3v) is 6.45. The minimum absolute atomic E-state index is 0.0587. The maximum atomic E-state index is 11.6. The highest BCUT2D eigenvalue weighted by Gasteiger charge is 2.40. The van der Waals surface area contributed by atoms with E-state index in [-0.39, 0.29) is 17.5 Å². The number of aliphatic hydroxyl groups is 1. The van der Waals surface area contributed by atoms with E-state index >= 15 is 0 Å². The minimum Gasteiger partial charge on any atom is -0.390 e. The summed E-state index contributed by atoms with van der Waals surface area (Å²) in [4.78, 5) is 2.21. The standard InChI is InChI=1S/C14H27NO3S/c1-14(2,3)11-5-4-7-15(8-6-11)12-9-19(17,18)10-13(12)16/h11-13,16H,4-10H2,1-3H3. The third kappa shape index (κ3) is 3.70. The van der Waals surface area contributed by atoms with E-state index in [2.05, 4.69) is 25.7 Å². The zero-order valence-corrected chi connectivity index (χ0v) is 13.1. The van der Waals surface area contributed by atoms with Gasteiger partial charge in [0.25, 0.3) is 0 Å². The molecular weight excluding hydrogens is 262 g/mol. The van der Waals surface area contributed by atoms with E-state index in [4.69, 9.17) is 0 Å². The van der Waals surface area contributed by atoms with Crippen molar-refractivity contribution < 1.29 is 13.5 Å². The molecule has 0 amide bonds. The fraction of sp³-hybridized carbons (Fsp3) is 1.00. The van der Waals surface area contributed by atoms with Gasteiger partial charge in [-0.2, -0.15) is 0 Å². The fourth-order valence-corrected chi connectivity index (χ4v) is 5.31. The molecule has 2 rings (SSSR count). The Hall–Kier alpha value is -0.130. The van der Waals surface area contributed by atoms with Gasteiger partial charge in [0.15, 0.2) is 9.84 Å². The van der Waals surface area contributed by atoms with Crippen molar-refractivity contribution in [3.05, 3.63) is 0 Å². The van der Waals surface area contributed by atoms with Crippen molar-refractivity contribution in [2.45, 2.75) is 52.2 Å². The largest absolute Gasteiger partial charge is 0.390 e. The number of hydrogen-bond acceptors (Lipinski definition) is 4. The second kappa shape index (κ2) is 5.34. The average Bonchev–Trinajstić information content (AvgIpc) is 2.48. The second-order valence-corrected chi connectivity index (χ2v) is 9.40. The van der Waals surface area contributed by atoms with Crippen molar-refractivity contribution in [2.75, 3.05) is 24.6 Å². The van der Waals surface area contributed by atoms with Gasteiger partial charge in [0, 0.05) is 0 Å². The van der Waals surface area contributed by atoms with Crippen molar-refractivity contribution >= 4 is 9.84 Å². The summed E-state index contributed by atoms with van der Waals surface area (Å²) in [6.07, 6.45) is 2.71. The molecule has 0 radical (unpaired) electrons. The van der Waals surface area contributed by atoms with E-state index in [9.17, 15) is 13.5 Å². The molecule has 2 saturated heterocycles. The van der Waals surface area contributed by atoms with Crippen molar-refractivity contribution in [1.82, 2.24) is 4.90 Å². The molecule has 5 heteroatoms. The van der Waals surface area contributed by atoms with Crippen LogP contribution in [-0.4, -0.2) is 55.2 Å². The van der Waals surface area contributed by atoms with Crippen LogP contribution < -0.4 is 0 Å². The van der Waals surface area contributed by atoms with Crippen molar-refractivity contribution in [1.29, 1.82) is 0 Å². The van der Waals surface area contributed by atoms with Gasteiger partial charge in [-0.05, 0) is 43.7 Å². The van der Waals surface area contributed by atoms with Crippen LogP contribution in [0.4, 0.5) is 0 Å². The summed E-state index contributed by atoms with van der Waals surface area (Å²) in [5, 5.41) is 9.97. The second-order valence-electron chi connectivity index (χ2n) is 7.24. The summed E-state index contributed by atoms with van der Waals surface area (Å²) < 4.78 is 23.2. The molecule has 3 unspecified atom stereocenters. The SMILES string of the molecule is CC(C)(C)C1CCCN(C2CS(=O)(=O)CC2O)CC1. The van der Waals surface area contributed by atoms with Crippen LogP contribution in [0.3, 0.4) is 0 Å². The zero-order chi connectivity index (χ0) is 14.3. The normalized spacial score (nSPS) is 37.2. The van der Waals surface area contributed by atoms with Crippen LogP contribution in [-0.2, 0) is 9.84 Å². The Morgan fingerprint density at radius 1 is 1.11 bits per heavy atom. The van der Waals surface area contributed by atoms with E-state index in [1.165, 1.54) is 6.42 Å². The number of aliphatic hydroxyl groups excluding tert-OH is 1. The Morgan fingerprint density at radius 3 is 2.32 bits per heavy atom. The Kier molecular flexibility index (Phi) is 4.29. The smallest absolute Gasteiger partial charge is 0.154 e. The summed E-state index contributed by atoms with van der Waals surface area (Å²) >= 11 is 0. The van der Waals surface area contributed by atoms with Gasteiger partial charge in [0.05, 0.1) is 23.7 Å². The lowest BCUT2D eigenvalue weighted by atomic mass is 9.77. The average molecular weight is 289 g/mol. The highest BCUT2D eigenvalue weighted by Crippen LogP contribution is 2.35. The van der Waals surface area contributed by atoms with Gasteiger partial charge in [-0.25, -0.2) is 8.42 Å². The molecule has 0 aromatic heterocycles. The Morgan fingerprint density at radius 2 is 1.79 bits per heavy atom. The van der Waals surface area contributed by atoms with Crippen molar-refractivity contribution in [3.63, 3.8) is 0 Å². The molecular formula is C14H27NO3S. The highest BCUT2D eigenvalue weighted by molar-refractivity contribution is 7.91. The van der Waals surface area contributed by atoms with E-state index in [0.717, 1.165) is 25.9 Å². The van der Waals surface area contributed by atoms with Gasteiger partial charge < -0.3 is 5.11 Å². The fourth-order valence-electron chi connectivity index (χ4n) is 3.48. The molecule has 3 atom stereocenters. The minimum atomic E-state index is -3.04. The van der Waals surface area contributed by atoms with Crippen LogP contribution in [0, 0.1) is 11.3 Å². The van der Waals surface area contributed by atoms with E-state index in [1.807, 2.05) is 0 Å². The zero-order valence-electron chi connectivity index (χ0n) is 12.3. The summed E-state index contributed by atoms with van der Waals surface area (Å²) in [7, 11) is -3.04. The first-order valence-electron chi connectivity index (χ1n) is 7.31. The molecule has 0 aliphatic carbocycles. The number of rotatable bonds is 1. The van der Waals surface area contributed by atoms with E-state index in [1.54, 1.807) is 0 Å². The highest BCUT2D eigenvalue weighted by atomic mass is 32.2. The maximum absolute atomic E-state index is 11.6. The van der Waals surface area contributed by atoms with Gasteiger partial charge in [-0.15, -0.1) is 0 Å². The van der Waals surface area contributed by atoms with E-state index in [0.29, 0.717) is 11.3 Å². The molecule has 2 aliphatic heterocycles. The molecule has 0 spiro atoms. The number of nitrogens with zero attached hydrogens (tertiary/aromatic N) is 1. The molecule has 0 aromatic carbocycles. The molecule has 112 valence electrons. The van der Waals surface area contributed by atoms with E-state index < -0.39 is 15.9 Å². The molecule has 2 aliphatic rings. The Bertz CT molecular complexity index is 413. The van der Waals surface area contributed by atoms with Gasteiger partial charge in [-0.3, -0.25) is 4.90 Å². The van der Waals surface area contributed by atoms with Gasteiger partial charge in [-0.1, -0.05) is 20.8 Å². The molecule has 1 N–H and O–H groups in total. The summed E-state index contributed by atoms with van der Waals surface area (Å²) in [5.41, 5.74) is 0.316. The predicted molar refractivity (Wildman–Crippen MR) is 76.8 cm³/mol. The first-order chi connectivity index (χ1) is 8.69. The van der Waals surface area contributed by atoms with Gasteiger partial charge >= 0.3 is 0 Å². The molecule has 2 fully saturated rings. The molecule has 0 saturated carbocycles. The monoisotopic (exact) mass is 289 g/mol. The molecule has 4 nitrogen and oxygen atoms in total. The molecule has 19 heavy (non-hydrogen) atoms. The summed E-state index contributed by atoms with van der Waals surface area (Å²) in [6, 6.07) is -0.177. The number of hydrogen-bond donors (Lipinski definition) is 1. The maximum Gasteiger partial charge on any atom is 0.154 e. The number of likely N-dealkylation sites (tertiary alicyclic amines) is 1. The lowest BCUT2D eigenvalue weighted by molar-refractivity contribution is 0.0830. The lowest BCUT2D eigenvalue weighted by Crippen LogP contribution is -2.43. The van der Waals surface area contributed by atoms with Crippen LogP contribution >= 0.6 is 0 Å². The Labute approximate surface area is 117 Å². The Balaban J connectivity index is 2.00. The molecule has 0 aromatic rings. The third-order valence-electron chi connectivity index (χ3n) is 4.75. The summed E-state index contributed by atoms with van der Waals surface area (Å²) in [5.74, 6) is 0.762. The van der Waals surface area contributed by atoms with Crippen molar-refractivity contribution in [3.8, 4) is 0 Å². The first-order valence-corrected chi connectivity index (χ1v) is 9.14. The van der Waals surface area contributed by atoms with Gasteiger partial charge in [0.2, 0.25) is 0 Å². The quantitative estimate of drug-likeness (QED) is 0.790. The molecule has 0 bridgehead atoms. The van der Waals surface area contributed by atoms with Crippen LogP contribution in [0.25, 0.3) is 0 Å². The van der Waals surface area contributed by atoms with Gasteiger partial charge in [0.1, 0.15) is 0 Å². The predicted octanol–water partition coefficient (Wildman–Crippen LogP) is 1.29. The number of sulfone groups is 1. The van der Waals surface area contributed by atoms with Crippen LogP contribution in [0.5, 0.6) is 0 Å².